The predicted octanol–water partition coefficient (Wildman–Crippen LogP) is 4.37. The first-order chi connectivity index (χ1) is 9.15. The quantitative estimate of drug-likeness (QED) is 0.906. The molecule has 0 amide bonds. The van der Waals surface area contributed by atoms with Gasteiger partial charge in [-0.25, -0.2) is 0 Å². The highest BCUT2D eigenvalue weighted by atomic mass is 79.9. The standard InChI is InChI=1S/C16H19BrN2/c1-3-19(14-7-4-12(2)5-8-14)15-9-6-13(11-18)16(17)10-15/h4-10H,3,11,18H2,1-2H3. The van der Waals surface area contributed by atoms with Crippen molar-refractivity contribution in [1.29, 1.82) is 0 Å². The summed E-state index contributed by atoms with van der Waals surface area (Å²) in [6.45, 7) is 5.74. The topological polar surface area (TPSA) is 29.3 Å². The monoisotopic (exact) mass is 318 g/mol. The number of benzene rings is 2. The van der Waals surface area contributed by atoms with Crippen LogP contribution in [-0.2, 0) is 6.54 Å². The number of aryl methyl sites for hydroxylation is 1. The molecule has 2 rings (SSSR count). The Balaban J connectivity index is 2.36. The van der Waals surface area contributed by atoms with Crippen LogP contribution in [0.3, 0.4) is 0 Å². The van der Waals surface area contributed by atoms with E-state index < -0.39 is 0 Å². The van der Waals surface area contributed by atoms with Crippen molar-refractivity contribution >= 4 is 27.3 Å². The van der Waals surface area contributed by atoms with Crippen LogP contribution in [0.4, 0.5) is 11.4 Å². The maximum absolute atomic E-state index is 5.69. The lowest BCUT2D eigenvalue weighted by Crippen LogP contribution is -2.16. The van der Waals surface area contributed by atoms with Crippen LogP contribution >= 0.6 is 15.9 Å². The Kier molecular flexibility index (Phi) is 4.61. The summed E-state index contributed by atoms with van der Waals surface area (Å²) in [5.41, 5.74) is 10.5. The minimum absolute atomic E-state index is 0.553. The first-order valence-corrected chi connectivity index (χ1v) is 7.27. The summed E-state index contributed by atoms with van der Waals surface area (Å²) in [5, 5.41) is 0. The summed E-state index contributed by atoms with van der Waals surface area (Å²) in [6.07, 6.45) is 0. The van der Waals surface area contributed by atoms with Crippen LogP contribution in [0.2, 0.25) is 0 Å². The Morgan fingerprint density at radius 1 is 1.05 bits per heavy atom. The number of halogens is 1. The lowest BCUT2D eigenvalue weighted by Gasteiger charge is -2.24. The summed E-state index contributed by atoms with van der Waals surface area (Å²) < 4.78 is 1.07. The highest BCUT2D eigenvalue weighted by molar-refractivity contribution is 9.10. The van der Waals surface area contributed by atoms with E-state index >= 15 is 0 Å². The van der Waals surface area contributed by atoms with E-state index in [9.17, 15) is 0 Å². The molecular formula is C16H19BrN2. The molecule has 3 heteroatoms. The predicted molar refractivity (Wildman–Crippen MR) is 85.9 cm³/mol. The molecule has 0 aromatic heterocycles. The molecule has 100 valence electrons. The van der Waals surface area contributed by atoms with Gasteiger partial charge in [0, 0.05) is 28.9 Å². The molecule has 0 fully saturated rings. The van der Waals surface area contributed by atoms with Crippen LogP contribution in [0.5, 0.6) is 0 Å². The Labute approximate surface area is 123 Å². The fourth-order valence-electron chi connectivity index (χ4n) is 2.11. The number of nitrogens with two attached hydrogens (primary N) is 1. The van der Waals surface area contributed by atoms with Gasteiger partial charge in [-0.05, 0) is 43.7 Å². The van der Waals surface area contributed by atoms with E-state index in [4.69, 9.17) is 5.73 Å². The maximum Gasteiger partial charge on any atom is 0.0422 e. The van der Waals surface area contributed by atoms with Crippen molar-refractivity contribution in [3.63, 3.8) is 0 Å². The van der Waals surface area contributed by atoms with E-state index in [-0.39, 0.29) is 0 Å². The maximum atomic E-state index is 5.69. The molecular weight excluding hydrogens is 300 g/mol. The molecule has 0 aliphatic carbocycles. The molecule has 0 heterocycles. The lowest BCUT2D eigenvalue weighted by atomic mass is 10.1. The zero-order valence-corrected chi connectivity index (χ0v) is 12.9. The van der Waals surface area contributed by atoms with Gasteiger partial charge in [-0.1, -0.05) is 39.7 Å². The van der Waals surface area contributed by atoms with Gasteiger partial charge in [0.1, 0.15) is 0 Å². The molecule has 0 saturated heterocycles. The average molecular weight is 319 g/mol. The van der Waals surface area contributed by atoms with E-state index in [1.807, 2.05) is 0 Å². The molecule has 0 radical (unpaired) electrons. The smallest absolute Gasteiger partial charge is 0.0422 e. The van der Waals surface area contributed by atoms with E-state index in [0.29, 0.717) is 6.54 Å². The van der Waals surface area contributed by atoms with Gasteiger partial charge in [-0.2, -0.15) is 0 Å². The molecule has 0 unspecified atom stereocenters. The zero-order valence-electron chi connectivity index (χ0n) is 11.4. The Morgan fingerprint density at radius 3 is 2.21 bits per heavy atom. The number of nitrogens with zero attached hydrogens (tertiary/aromatic N) is 1. The molecule has 0 saturated carbocycles. The molecule has 0 bridgehead atoms. The van der Waals surface area contributed by atoms with Crippen LogP contribution in [0.15, 0.2) is 46.9 Å². The van der Waals surface area contributed by atoms with Crippen LogP contribution in [0, 0.1) is 6.92 Å². The summed E-state index contributed by atoms with van der Waals surface area (Å²) in [6, 6.07) is 14.9. The van der Waals surface area contributed by atoms with Crippen molar-refractivity contribution in [3.05, 3.63) is 58.1 Å². The van der Waals surface area contributed by atoms with Crippen molar-refractivity contribution in [3.8, 4) is 0 Å². The molecule has 19 heavy (non-hydrogen) atoms. The van der Waals surface area contributed by atoms with Gasteiger partial charge in [-0.15, -0.1) is 0 Å². The molecule has 2 aromatic rings. The fourth-order valence-corrected chi connectivity index (χ4v) is 2.64. The summed E-state index contributed by atoms with van der Waals surface area (Å²) in [4.78, 5) is 2.28. The summed E-state index contributed by atoms with van der Waals surface area (Å²) in [5.74, 6) is 0. The third-order valence-corrected chi connectivity index (χ3v) is 3.97. The molecule has 0 atom stereocenters. The third kappa shape index (κ3) is 3.17. The van der Waals surface area contributed by atoms with Gasteiger partial charge in [0.25, 0.3) is 0 Å². The molecule has 2 nitrogen and oxygen atoms in total. The van der Waals surface area contributed by atoms with Gasteiger partial charge in [-0.3, -0.25) is 0 Å². The molecule has 0 aliphatic heterocycles. The Bertz CT molecular complexity index is 549. The van der Waals surface area contributed by atoms with Gasteiger partial charge in [0.15, 0.2) is 0 Å². The fraction of sp³-hybridized carbons (Fsp3) is 0.250. The second-order valence-electron chi connectivity index (χ2n) is 4.56. The average Bonchev–Trinajstić information content (AvgIpc) is 2.42. The van der Waals surface area contributed by atoms with Crippen LogP contribution in [-0.4, -0.2) is 6.54 Å². The molecule has 2 N–H and O–H groups in total. The van der Waals surface area contributed by atoms with Crippen molar-refractivity contribution in [2.45, 2.75) is 20.4 Å². The molecule has 0 spiro atoms. The molecule has 0 aliphatic rings. The van der Waals surface area contributed by atoms with Crippen LogP contribution in [0.1, 0.15) is 18.1 Å². The van der Waals surface area contributed by atoms with Crippen LogP contribution in [0.25, 0.3) is 0 Å². The summed E-state index contributed by atoms with van der Waals surface area (Å²) >= 11 is 3.58. The minimum Gasteiger partial charge on any atom is -0.342 e. The lowest BCUT2D eigenvalue weighted by molar-refractivity contribution is 1.01. The van der Waals surface area contributed by atoms with Crippen molar-refractivity contribution < 1.29 is 0 Å². The van der Waals surface area contributed by atoms with E-state index in [1.54, 1.807) is 0 Å². The minimum atomic E-state index is 0.553. The highest BCUT2D eigenvalue weighted by Crippen LogP contribution is 2.29. The number of hydrogen-bond acceptors (Lipinski definition) is 2. The van der Waals surface area contributed by atoms with Crippen molar-refractivity contribution in [2.75, 3.05) is 11.4 Å². The van der Waals surface area contributed by atoms with Crippen molar-refractivity contribution in [2.24, 2.45) is 5.73 Å². The zero-order chi connectivity index (χ0) is 13.8. The van der Waals surface area contributed by atoms with Gasteiger partial charge in [0.05, 0.1) is 0 Å². The first kappa shape index (κ1) is 14.1. The number of rotatable bonds is 4. The highest BCUT2D eigenvalue weighted by Gasteiger charge is 2.08. The van der Waals surface area contributed by atoms with Crippen LogP contribution < -0.4 is 10.6 Å². The summed E-state index contributed by atoms with van der Waals surface area (Å²) in [7, 11) is 0. The SMILES string of the molecule is CCN(c1ccc(C)cc1)c1ccc(CN)c(Br)c1. The van der Waals surface area contributed by atoms with Gasteiger partial charge in [0.2, 0.25) is 0 Å². The first-order valence-electron chi connectivity index (χ1n) is 6.48. The van der Waals surface area contributed by atoms with E-state index in [2.05, 4.69) is 77.1 Å². The van der Waals surface area contributed by atoms with Crippen molar-refractivity contribution in [1.82, 2.24) is 0 Å². The Hall–Kier alpha value is -1.32. The Morgan fingerprint density at radius 2 is 1.68 bits per heavy atom. The van der Waals surface area contributed by atoms with Gasteiger partial charge >= 0.3 is 0 Å². The third-order valence-electron chi connectivity index (χ3n) is 3.23. The largest absolute Gasteiger partial charge is 0.342 e. The number of hydrogen-bond donors (Lipinski definition) is 1. The second kappa shape index (κ2) is 6.22. The number of anilines is 2. The normalized spacial score (nSPS) is 10.5. The van der Waals surface area contributed by atoms with E-state index in [0.717, 1.165) is 16.6 Å². The second-order valence-corrected chi connectivity index (χ2v) is 5.41. The molecule has 2 aromatic carbocycles. The van der Waals surface area contributed by atoms with Gasteiger partial charge < -0.3 is 10.6 Å². The van der Waals surface area contributed by atoms with E-state index in [1.165, 1.54) is 16.9 Å².